The van der Waals surface area contributed by atoms with Gasteiger partial charge in [-0.1, -0.05) is 30.3 Å². The van der Waals surface area contributed by atoms with Crippen LogP contribution in [0.25, 0.3) is 0 Å². The van der Waals surface area contributed by atoms with Gasteiger partial charge in [-0.25, -0.2) is 8.96 Å². The third-order valence-electron chi connectivity index (χ3n) is 2.78. The highest BCUT2D eigenvalue weighted by atomic mass is 31.2. The first-order valence-electron chi connectivity index (χ1n) is 6.50. The van der Waals surface area contributed by atoms with E-state index in [0.29, 0.717) is 0 Å². The minimum absolute atomic E-state index is 0.0498. The van der Waals surface area contributed by atoms with Crippen LogP contribution >= 0.6 is 7.60 Å². The fourth-order valence-electron chi connectivity index (χ4n) is 1.84. The fraction of sp³-hybridized carbons (Fsp3) is 0.200. The van der Waals surface area contributed by atoms with Gasteiger partial charge in [-0.2, -0.15) is 13.2 Å². The minimum Gasteiger partial charge on any atom is -0.425 e. The molecule has 0 aromatic heterocycles. The summed E-state index contributed by atoms with van der Waals surface area (Å²) in [6.45, 7) is 0.929. The smallest absolute Gasteiger partial charge is 0.419 e. The van der Waals surface area contributed by atoms with E-state index in [2.05, 4.69) is 0 Å². The Balaban J connectivity index is 2.21. The predicted octanol–water partition coefficient (Wildman–Crippen LogP) is 5.35. The molecule has 0 spiro atoms. The molecule has 0 N–H and O–H groups in total. The molecule has 0 aliphatic heterocycles. The standard InChI is InChI=1S/C15H13F4O3P/c1-23(20,21-13-9-7-12(16)8-10-13)22-14(15(17,18)19)11-5-3-2-4-6-11/h2-10,14H,1H3/t14-,23+/m0/s1. The number of hydrogen-bond donors (Lipinski definition) is 0. The Labute approximate surface area is 130 Å². The van der Waals surface area contributed by atoms with Crippen molar-refractivity contribution in [3.8, 4) is 5.75 Å². The van der Waals surface area contributed by atoms with Crippen molar-refractivity contribution in [2.45, 2.75) is 12.3 Å². The summed E-state index contributed by atoms with van der Waals surface area (Å²) in [5, 5.41) is 0. The highest BCUT2D eigenvalue weighted by molar-refractivity contribution is 7.53. The van der Waals surface area contributed by atoms with Crippen molar-refractivity contribution in [3.05, 3.63) is 66.0 Å². The molecule has 2 atom stereocenters. The van der Waals surface area contributed by atoms with Crippen LogP contribution in [0.5, 0.6) is 5.75 Å². The number of halogens is 4. The van der Waals surface area contributed by atoms with Gasteiger partial charge in [-0.05, 0) is 29.8 Å². The highest BCUT2D eigenvalue weighted by Gasteiger charge is 2.45. The van der Waals surface area contributed by atoms with Gasteiger partial charge >= 0.3 is 13.8 Å². The molecule has 8 heteroatoms. The monoisotopic (exact) mass is 348 g/mol. The Kier molecular flexibility index (Phi) is 5.12. The second kappa shape index (κ2) is 6.72. The summed E-state index contributed by atoms with van der Waals surface area (Å²) >= 11 is 0. The van der Waals surface area contributed by atoms with Crippen molar-refractivity contribution in [2.75, 3.05) is 6.66 Å². The zero-order valence-corrected chi connectivity index (χ0v) is 12.9. The summed E-state index contributed by atoms with van der Waals surface area (Å²) in [6.07, 6.45) is -7.15. The van der Waals surface area contributed by atoms with Crippen LogP contribution in [0, 0.1) is 5.82 Å². The van der Waals surface area contributed by atoms with Crippen molar-refractivity contribution >= 4 is 7.60 Å². The van der Waals surface area contributed by atoms with Crippen molar-refractivity contribution in [1.82, 2.24) is 0 Å². The van der Waals surface area contributed by atoms with Crippen molar-refractivity contribution in [3.63, 3.8) is 0 Å². The maximum absolute atomic E-state index is 13.2. The molecule has 2 rings (SSSR count). The predicted molar refractivity (Wildman–Crippen MR) is 76.9 cm³/mol. The Hall–Kier alpha value is -1.85. The third kappa shape index (κ3) is 5.08. The Morgan fingerprint density at radius 2 is 1.57 bits per heavy atom. The van der Waals surface area contributed by atoms with Gasteiger partial charge in [0.15, 0.2) is 6.10 Å². The molecular weight excluding hydrogens is 335 g/mol. The molecule has 0 saturated heterocycles. The van der Waals surface area contributed by atoms with E-state index in [9.17, 15) is 22.1 Å². The molecule has 0 aliphatic rings. The lowest BCUT2D eigenvalue weighted by Gasteiger charge is -2.24. The SMILES string of the molecule is C[P@@](=O)(Oc1ccc(F)cc1)O[C@@H](c1ccccc1)C(F)(F)F. The molecule has 3 nitrogen and oxygen atoms in total. The second-order valence-electron chi connectivity index (χ2n) is 4.75. The second-order valence-corrected chi connectivity index (χ2v) is 6.69. The number of rotatable bonds is 5. The molecule has 0 saturated carbocycles. The van der Waals surface area contributed by atoms with Crippen LogP contribution in [0.4, 0.5) is 17.6 Å². The zero-order valence-electron chi connectivity index (χ0n) is 12.0. The van der Waals surface area contributed by atoms with E-state index in [4.69, 9.17) is 9.05 Å². The largest absolute Gasteiger partial charge is 0.425 e. The van der Waals surface area contributed by atoms with E-state index in [1.54, 1.807) is 6.07 Å². The van der Waals surface area contributed by atoms with Crippen LogP contribution in [0.15, 0.2) is 54.6 Å². The molecule has 2 aromatic carbocycles. The van der Waals surface area contributed by atoms with Crippen LogP contribution in [0.3, 0.4) is 0 Å². The number of alkyl halides is 3. The molecule has 2 aromatic rings. The van der Waals surface area contributed by atoms with Gasteiger partial charge in [0.1, 0.15) is 11.6 Å². The van der Waals surface area contributed by atoms with Gasteiger partial charge in [-0.15, -0.1) is 0 Å². The van der Waals surface area contributed by atoms with Gasteiger partial charge in [0.2, 0.25) is 0 Å². The first-order chi connectivity index (χ1) is 10.7. The average Bonchev–Trinajstić information content (AvgIpc) is 2.47. The molecule has 23 heavy (non-hydrogen) atoms. The molecule has 0 fully saturated rings. The summed E-state index contributed by atoms with van der Waals surface area (Å²) in [5.41, 5.74) is -0.190. The maximum atomic E-state index is 13.2. The minimum atomic E-state index is -4.76. The first-order valence-corrected chi connectivity index (χ1v) is 8.49. The third-order valence-corrected chi connectivity index (χ3v) is 3.92. The molecule has 0 unspecified atom stereocenters. The van der Waals surface area contributed by atoms with E-state index in [0.717, 1.165) is 30.9 Å². The Bertz CT molecular complexity index is 686. The molecular formula is C15H13F4O3P. The Morgan fingerprint density at radius 3 is 2.09 bits per heavy atom. The summed E-state index contributed by atoms with van der Waals surface area (Å²) < 4.78 is 74.3. The molecule has 124 valence electrons. The summed E-state index contributed by atoms with van der Waals surface area (Å²) in [7, 11) is -4.09. The van der Waals surface area contributed by atoms with Gasteiger partial charge < -0.3 is 4.52 Å². The van der Waals surface area contributed by atoms with E-state index < -0.39 is 25.7 Å². The van der Waals surface area contributed by atoms with Crippen LogP contribution < -0.4 is 4.52 Å². The van der Waals surface area contributed by atoms with Gasteiger partial charge in [0.25, 0.3) is 0 Å². The molecule has 0 heterocycles. The molecule has 0 aliphatic carbocycles. The van der Waals surface area contributed by atoms with Crippen LogP contribution in [-0.4, -0.2) is 12.8 Å². The number of benzene rings is 2. The quantitative estimate of drug-likeness (QED) is 0.540. The Morgan fingerprint density at radius 1 is 1.00 bits per heavy atom. The lowest BCUT2D eigenvalue weighted by Crippen LogP contribution is -2.23. The summed E-state index contributed by atoms with van der Waals surface area (Å²) in [6, 6.07) is 11.2. The summed E-state index contributed by atoms with van der Waals surface area (Å²) in [5.74, 6) is -0.604. The van der Waals surface area contributed by atoms with Crippen LogP contribution in [0.2, 0.25) is 0 Å². The van der Waals surface area contributed by atoms with E-state index in [-0.39, 0.29) is 11.3 Å². The van der Waals surface area contributed by atoms with Crippen molar-refractivity contribution in [1.29, 1.82) is 0 Å². The van der Waals surface area contributed by atoms with Gasteiger partial charge in [-0.3, -0.25) is 4.52 Å². The zero-order chi connectivity index (χ0) is 17.1. The molecule has 0 amide bonds. The average molecular weight is 348 g/mol. The van der Waals surface area contributed by atoms with Crippen molar-refractivity contribution in [2.24, 2.45) is 0 Å². The molecule has 0 radical (unpaired) electrons. The van der Waals surface area contributed by atoms with Crippen LogP contribution in [-0.2, 0) is 9.09 Å². The normalized spacial score (nSPS) is 15.7. The van der Waals surface area contributed by atoms with Gasteiger partial charge in [0.05, 0.1) is 0 Å². The van der Waals surface area contributed by atoms with E-state index in [1.165, 1.54) is 24.3 Å². The topological polar surface area (TPSA) is 35.5 Å². The lowest BCUT2D eigenvalue weighted by atomic mass is 10.1. The summed E-state index contributed by atoms with van der Waals surface area (Å²) in [4.78, 5) is 0. The number of hydrogen-bond acceptors (Lipinski definition) is 3. The highest BCUT2D eigenvalue weighted by Crippen LogP contribution is 2.52. The molecule has 0 bridgehead atoms. The fourth-order valence-corrected chi connectivity index (χ4v) is 3.01. The van der Waals surface area contributed by atoms with E-state index in [1.807, 2.05) is 0 Å². The maximum Gasteiger partial charge on any atom is 0.419 e. The van der Waals surface area contributed by atoms with E-state index >= 15 is 0 Å². The van der Waals surface area contributed by atoms with Crippen LogP contribution in [0.1, 0.15) is 11.7 Å². The lowest BCUT2D eigenvalue weighted by molar-refractivity contribution is -0.199. The van der Waals surface area contributed by atoms with Gasteiger partial charge in [0, 0.05) is 6.66 Å². The van der Waals surface area contributed by atoms with Crippen molar-refractivity contribution < 1.29 is 31.2 Å². The first kappa shape index (κ1) is 17.5.